The minimum absolute atomic E-state index is 0.0436. The number of hydrogen-bond acceptors (Lipinski definition) is 10. The van der Waals surface area contributed by atoms with Gasteiger partial charge in [0.25, 0.3) is 0 Å². The van der Waals surface area contributed by atoms with E-state index in [1.807, 2.05) is 81.7 Å². The Kier molecular flexibility index (Phi) is 14.4. The molecule has 4 amide bonds. The first-order chi connectivity index (χ1) is 32.1. The van der Waals surface area contributed by atoms with E-state index in [9.17, 15) is 19.2 Å². The molecule has 0 bridgehead atoms. The molecule has 17 heteroatoms. The number of aromatic nitrogens is 4. The Labute approximate surface area is 391 Å². The average Bonchev–Trinajstić information content (AvgIpc) is 4.13. The normalized spacial score (nSPS) is 28.4. The minimum Gasteiger partial charge on any atom is -0.453 e. The van der Waals surface area contributed by atoms with Crippen LogP contribution in [-0.4, -0.2) is 117 Å². The monoisotopic (exact) mass is 924 g/mol. The summed E-state index contributed by atoms with van der Waals surface area (Å²) in [7, 11) is 2.59. The van der Waals surface area contributed by atoms with Crippen LogP contribution in [0, 0.1) is 17.7 Å². The maximum Gasteiger partial charge on any atom is 0.407 e. The summed E-state index contributed by atoms with van der Waals surface area (Å²) in [5, 5.41) is 5.69. The van der Waals surface area contributed by atoms with Crippen LogP contribution in [0.4, 0.5) is 14.0 Å². The van der Waals surface area contributed by atoms with Crippen molar-refractivity contribution < 1.29 is 42.5 Å². The van der Waals surface area contributed by atoms with E-state index in [2.05, 4.69) is 25.6 Å². The first-order valence-corrected chi connectivity index (χ1v) is 23.8. The van der Waals surface area contributed by atoms with E-state index in [0.717, 1.165) is 36.1 Å². The number of methoxy groups -OCH3 is 2. The summed E-state index contributed by atoms with van der Waals surface area (Å²) in [6.07, 6.45) is 7.28. The summed E-state index contributed by atoms with van der Waals surface area (Å²) in [5.74, 6) is 0.190. The molecule has 4 aliphatic heterocycles. The van der Waals surface area contributed by atoms with Crippen LogP contribution in [0.3, 0.4) is 0 Å². The fourth-order valence-electron chi connectivity index (χ4n) is 11.2. The number of ether oxygens (including phenoxy) is 4. The van der Waals surface area contributed by atoms with Gasteiger partial charge in [0.15, 0.2) is 0 Å². The van der Waals surface area contributed by atoms with Crippen molar-refractivity contribution in [1.82, 2.24) is 40.4 Å². The van der Waals surface area contributed by atoms with Gasteiger partial charge >= 0.3 is 12.2 Å². The number of H-pyrrole nitrogens is 2. The molecule has 360 valence electrons. The number of nitrogens with zero attached hydrogens (tertiary/aromatic N) is 4. The smallest absolute Gasteiger partial charge is 0.407 e. The van der Waals surface area contributed by atoms with E-state index in [4.69, 9.17) is 23.9 Å². The number of amides is 4. The number of likely N-dealkylation sites (tertiary alicyclic amines) is 2. The molecule has 4 fully saturated rings. The average molecular weight is 925 g/mol. The molecule has 10 atom stereocenters. The van der Waals surface area contributed by atoms with Gasteiger partial charge in [0.05, 0.1) is 74.5 Å². The standard InChI is InChI=1S/C50H65FN8O8/c1-26-9-17-41(58(26)47(60)43(56-49(62)64-7)35-19-28(3)66-29(4)20-35)45-52-24-39(54-45)33-13-11-32(12-14-33)34-15-16-37(38(51)23-34)40-25-53-46(55-40)42-18-10-27(2)59(42)48(61)44(57-50(63)65-8)36-21-30(5)67-31(6)22-36/h11-16,23-31,35-36,41-44H,9-10,17-22H2,1-8H3,(H,52,54)(H,53,55)(H,56,62)(H,57,63). The maximum absolute atomic E-state index is 16.0. The number of nitrogens with one attached hydrogen (secondary N) is 4. The SMILES string of the molecule is COC(=O)NC(C(=O)N1C(C)CCC1c1ncc(-c2ccc(-c3ccc(-c4cnc(C5CCC(C)N5C(=O)C(NC(=O)OC)C5CC(C)OC(C)C5)[nH]4)c(F)c3)cc2)[nH]1)C1CC(C)OC(C)C1. The van der Waals surface area contributed by atoms with E-state index in [1.54, 1.807) is 18.5 Å². The predicted octanol–water partition coefficient (Wildman–Crippen LogP) is 8.23. The van der Waals surface area contributed by atoms with Crippen LogP contribution in [0.1, 0.15) is 117 Å². The van der Waals surface area contributed by atoms with Crippen LogP contribution < -0.4 is 10.6 Å². The zero-order valence-electron chi connectivity index (χ0n) is 39.7. The molecule has 6 heterocycles. The molecule has 4 aromatic rings. The number of hydrogen-bond donors (Lipinski definition) is 4. The van der Waals surface area contributed by atoms with Crippen LogP contribution in [0.2, 0.25) is 0 Å². The van der Waals surface area contributed by atoms with E-state index in [-0.39, 0.29) is 72.2 Å². The van der Waals surface area contributed by atoms with Gasteiger partial charge in [-0.3, -0.25) is 9.59 Å². The third-order valence-corrected chi connectivity index (χ3v) is 14.3. The van der Waals surface area contributed by atoms with Gasteiger partial charge in [0.1, 0.15) is 29.5 Å². The second-order valence-electron chi connectivity index (χ2n) is 19.2. The first kappa shape index (κ1) is 47.7. The van der Waals surface area contributed by atoms with Gasteiger partial charge in [-0.15, -0.1) is 0 Å². The summed E-state index contributed by atoms with van der Waals surface area (Å²) in [6.45, 7) is 12.0. The van der Waals surface area contributed by atoms with Crippen molar-refractivity contribution in [3.63, 3.8) is 0 Å². The molecule has 0 aliphatic carbocycles. The molecule has 16 nitrogen and oxygen atoms in total. The van der Waals surface area contributed by atoms with Gasteiger partial charge in [-0.2, -0.15) is 0 Å². The van der Waals surface area contributed by atoms with Crippen molar-refractivity contribution in [1.29, 1.82) is 0 Å². The lowest BCUT2D eigenvalue weighted by molar-refractivity contribution is -0.141. The Bertz CT molecular complexity index is 2390. The van der Waals surface area contributed by atoms with E-state index < -0.39 is 30.1 Å². The van der Waals surface area contributed by atoms with Gasteiger partial charge in [0.2, 0.25) is 11.8 Å². The summed E-state index contributed by atoms with van der Waals surface area (Å²) in [4.78, 5) is 73.7. The number of imidazole rings is 2. The molecule has 4 aliphatic rings. The van der Waals surface area contributed by atoms with Crippen LogP contribution >= 0.6 is 0 Å². The summed E-state index contributed by atoms with van der Waals surface area (Å²) < 4.78 is 37.8. The predicted molar refractivity (Wildman–Crippen MR) is 248 cm³/mol. The zero-order valence-corrected chi connectivity index (χ0v) is 39.7. The Balaban J connectivity index is 0.953. The minimum atomic E-state index is -0.799. The van der Waals surface area contributed by atoms with Crippen molar-refractivity contribution in [2.24, 2.45) is 11.8 Å². The molecule has 2 aromatic heterocycles. The van der Waals surface area contributed by atoms with E-state index >= 15 is 4.39 Å². The molecule has 10 unspecified atom stereocenters. The van der Waals surface area contributed by atoms with E-state index in [0.29, 0.717) is 60.6 Å². The third-order valence-electron chi connectivity index (χ3n) is 14.3. The van der Waals surface area contributed by atoms with Crippen molar-refractivity contribution >= 4 is 24.0 Å². The zero-order chi connectivity index (χ0) is 47.7. The third kappa shape index (κ3) is 10.2. The Morgan fingerprint density at radius 1 is 0.627 bits per heavy atom. The summed E-state index contributed by atoms with van der Waals surface area (Å²) >= 11 is 0. The number of alkyl carbamates (subject to hydrolysis) is 2. The highest BCUT2D eigenvalue weighted by Gasteiger charge is 2.46. The van der Waals surface area contributed by atoms with Crippen molar-refractivity contribution in [3.05, 3.63) is 72.3 Å². The molecule has 0 radical (unpaired) electrons. The van der Waals surface area contributed by atoms with Crippen LogP contribution in [0.25, 0.3) is 33.6 Å². The molecule has 4 N–H and O–H groups in total. The summed E-state index contributed by atoms with van der Waals surface area (Å²) in [6, 6.07) is 10.4. The number of carbonyl (C=O) groups is 4. The van der Waals surface area contributed by atoms with Crippen molar-refractivity contribution in [2.75, 3.05) is 14.2 Å². The Hall–Kier alpha value is -5.81. The number of halogens is 1. The molecule has 2 aromatic carbocycles. The number of benzene rings is 2. The lowest BCUT2D eigenvalue weighted by atomic mass is 9.85. The highest BCUT2D eigenvalue weighted by molar-refractivity contribution is 5.88. The quantitative estimate of drug-likeness (QED) is 0.114. The highest BCUT2D eigenvalue weighted by atomic mass is 19.1. The molecule has 4 saturated heterocycles. The fraction of sp³-hybridized carbons (Fsp3) is 0.560. The second kappa shape index (κ2) is 20.2. The molecule has 67 heavy (non-hydrogen) atoms. The van der Waals surface area contributed by atoms with Crippen LogP contribution in [0.15, 0.2) is 54.9 Å². The van der Waals surface area contributed by atoms with E-state index in [1.165, 1.54) is 20.3 Å². The topological polar surface area (TPSA) is 193 Å². The van der Waals surface area contributed by atoms with Gasteiger partial charge in [-0.25, -0.2) is 23.9 Å². The van der Waals surface area contributed by atoms with Gasteiger partial charge in [0, 0.05) is 17.6 Å². The lowest BCUT2D eigenvalue weighted by Gasteiger charge is -2.39. The molecular weight excluding hydrogens is 860 g/mol. The summed E-state index contributed by atoms with van der Waals surface area (Å²) in [5.41, 5.74) is 4.01. The van der Waals surface area contributed by atoms with Crippen molar-refractivity contribution in [2.45, 2.75) is 154 Å². The Morgan fingerprint density at radius 3 is 1.49 bits per heavy atom. The van der Waals surface area contributed by atoms with Gasteiger partial charge in [-0.1, -0.05) is 30.3 Å². The first-order valence-electron chi connectivity index (χ1n) is 23.8. The largest absolute Gasteiger partial charge is 0.453 e. The fourth-order valence-corrected chi connectivity index (χ4v) is 11.2. The number of rotatable bonds is 11. The maximum atomic E-state index is 16.0. The highest BCUT2D eigenvalue weighted by Crippen LogP contribution is 2.41. The Morgan fingerprint density at radius 2 is 1.04 bits per heavy atom. The molecular formula is C50H65FN8O8. The molecule has 0 saturated carbocycles. The molecule has 8 rings (SSSR count). The van der Waals surface area contributed by atoms with Crippen molar-refractivity contribution in [3.8, 4) is 33.6 Å². The lowest BCUT2D eigenvalue weighted by Crippen LogP contribution is -2.55. The number of carbonyl (C=O) groups excluding carboxylic acids is 4. The van der Waals surface area contributed by atoms with Gasteiger partial charge in [-0.05, 0) is 134 Å². The van der Waals surface area contributed by atoms with Gasteiger partial charge < -0.3 is 49.3 Å². The van der Waals surface area contributed by atoms with Crippen LogP contribution in [0.5, 0.6) is 0 Å². The van der Waals surface area contributed by atoms with Crippen LogP contribution in [-0.2, 0) is 28.5 Å². The second-order valence-corrected chi connectivity index (χ2v) is 19.2. The molecule has 0 spiro atoms. The number of aromatic amines is 2.